The number of halogens is 1. The molecule has 0 radical (unpaired) electrons. The fourth-order valence-corrected chi connectivity index (χ4v) is 3.45. The molecule has 3 aromatic heterocycles. The van der Waals surface area contributed by atoms with E-state index < -0.39 is 0 Å². The van der Waals surface area contributed by atoms with Gasteiger partial charge in [0.2, 0.25) is 0 Å². The number of H-pyrrole nitrogens is 1. The summed E-state index contributed by atoms with van der Waals surface area (Å²) in [4.78, 5) is 28.3. The van der Waals surface area contributed by atoms with Crippen LogP contribution in [0.25, 0.3) is 5.65 Å². The zero-order valence-electron chi connectivity index (χ0n) is 11.9. The second-order valence-corrected chi connectivity index (χ2v) is 6.74. The number of hydrogen-bond acceptors (Lipinski definition) is 5. The molecule has 0 spiro atoms. The van der Waals surface area contributed by atoms with Gasteiger partial charge in [0.1, 0.15) is 5.65 Å². The summed E-state index contributed by atoms with van der Waals surface area (Å²) in [5, 5.41) is 7.64. The molecule has 3 aromatic rings. The zero-order valence-corrected chi connectivity index (χ0v) is 13.5. The van der Waals surface area contributed by atoms with Gasteiger partial charge < -0.3 is 0 Å². The van der Waals surface area contributed by atoms with E-state index in [4.69, 9.17) is 11.6 Å². The van der Waals surface area contributed by atoms with Crippen LogP contribution >= 0.6 is 23.4 Å². The molecule has 0 aliphatic heterocycles. The number of thioether (sulfide) groups is 1. The fraction of sp³-hybridized carbons (Fsp3) is 0.286. The first-order chi connectivity index (χ1) is 11.1. The normalized spacial score (nSPS) is 14.5. The molecule has 3 heterocycles. The van der Waals surface area contributed by atoms with Gasteiger partial charge >= 0.3 is 5.69 Å². The lowest BCUT2D eigenvalue weighted by Crippen LogP contribution is -2.16. The van der Waals surface area contributed by atoms with Crippen LogP contribution in [-0.2, 0) is 5.75 Å². The zero-order chi connectivity index (χ0) is 16.0. The maximum absolute atomic E-state index is 12.1. The number of rotatable bonds is 4. The number of fused-ring (bicyclic) bond motifs is 1. The average Bonchev–Trinajstić information content (AvgIpc) is 3.29. The van der Waals surface area contributed by atoms with Crippen LogP contribution in [0.4, 0.5) is 0 Å². The molecule has 7 nitrogen and oxygen atoms in total. The van der Waals surface area contributed by atoms with E-state index in [1.807, 2.05) is 0 Å². The van der Waals surface area contributed by atoms with E-state index >= 15 is 0 Å². The molecule has 0 bridgehead atoms. The van der Waals surface area contributed by atoms with Gasteiger partial charge in [0.25, 0.3) is 5.56 Å². The smallest absolute Gasteiger partial charge is 0.269 e. The van der Waals surface area contributed by atoms with Crippen molar-refractivity contribution in [3.8, 4) is 0 Å². The SMILES string of the molecule is O=c1[nH]nc(SCc2cc(=O)n3cc(Cl)ccc3n2)n1C1CC1. The molecule has 118 valence electrons. The van der Waals surface area contributed by atoms with Crippen LogP contribution < -0.4 is 11.2 Å². The van der Waals surface area contributed by atoms with Crippen molar-refractivity contribution in [2.24, 2.45) is 0 Å². The number of hydrogen-bond donors (Lipinski definition) is 1. The van der Waals surface area contributed by atoms with Crippen LogP contribution in [0.5, 0.6) is 0 Å². The lowest BCUT2D eigenvalue weighted by molar-refractivity contribution is 0.642. The molecule has 1 aliphatic rings. The molecular weight excluding hydrogens is 338 g/mol. The Bertz CT molecular complexity index is 1000. The summed E-state index contributed by atoms with van der Waals surface area (Å²) in [6.07, 6.45) is 3.55. The van der Waals surface area contributed by atoms with Crippen molar-refractivity contribution in [3.63, 3.8) is 0 Å². The molecule has 4 rings (SSSR count). The highest BCUT2D eigenvalue weighted by atomic mass is 35.5. The fourth-order valence-electron chi connectivity index (χ4n) is 2.39. The van der Waals surface area contributed by atoms with E-state index in [-0.39, 0.29) is 17.3 Å². The van der Waals surface area contributed by atoms with Crippen molar-refractivity contribution in [1.29, 1.82) is 0 Å². The lowest BCUT2D eigenvalue weighted by Gasteiger charge is -2.05. The second-order valence-electron chi connectivity index (χ2n) is 5.36. The maximum Gasteiger partial charge on any atom is 0.344 e. The van der Waals surface area contributed by atoms with Crippen LogP contribution in [0.2, 0.25) is 5.02 Å². The van der Waals surface area contributed by atoms with Crippen LogP contribution in [0.15, 0.2) is 39.1 Å². The molecule has 1 aliphatic carbocycles. The Balaban J connectivity index is 1.62. The summed E-state index contributed by atoms with van der Waals surface area (Å²) in [5.74, 6) is 0.464. The summed E-state index contributed by atoms with van der Waals surface area (Å²) in [7, 11) is 0. The predicted molar refractivity (Wildman–Crippen MR) is 87.2 cm³/mol. The minimum absolute atomic E-state index is 0.184. The van der Waals surface area contributed by atoms with Crippen molar-refractivity contribution in [2.45, 2.75) is 29.8 Å². The summed E-state index contributed by atoms with van der Waals surface area (Å²) >= 11 is 7.28. The van der Waals surface area contributed by atoms with Crippen molar-refractivity contribution >= 4 is 29.0 Å². The van der Waals surface area contributed by atoms with Crippen molar-refractivity contribution in [1.82, 2.24) is 24.1 Å². The lowest BCUT2D eigenvalue weighted by atomic mass is 10.4. The minimum Gasteiger partial charge on any atom is -0.269 e. The van der Waals surface area contributed by atoms with Crippen LogP contribution in [0, 0.1) is 0 Å². The summed E-state index contributed by atoms with van der Waals surface area (Å²) < 4.78 is 3.09. The van der Waals surface area contributed by atoms with Crippen molar-refractivity contribution in [3.05, 3.63) is 56.0 Å². The Morgan fingerprint density at radius 2 is 2.17 bits per heavy atom. The van der Waals surface area contributed by atoms with Crippen molar-refractivity contribution < 1.29 is 0 Å². The van der Waals surface area contributed by atoms with Crippen LogP contribution in [-0.4, -0.2) is 24.1 Å². The Kier molecular flexibility index (Phi) is 3.50. The maximum atomic E-state index is 12.1. The Labute approximate surface area is 139 Å². The van der Waals surface area contributed by atoms with Crippen LogP contribution in [0.3, 0.4) is 0 Å². The third kappa shape index (κ3) is 2.79. The van der Waals surface area contributed by atoms with Gasteiger partial charge in [-0.05, 0) is 25.0 Å². The molecule has 0 unspecified atom stereocenters. The third-order valence-corrected chi connectivity index (χ3v) is 4.82. The first kappa shape index (κ1) is 14.5. The molecule has 1 fully saturated rings. The van der Waals surface area contributed by atoms with Gasteiger partial charge in [0, 0.05) is 24.1 Å². The summed E-state index contributed by atoms with van der Waals surface area (Å²) in [6, 6.07) is 5.12. The largest absolute Gasteiger partial charge is 0.344 e. The van der Waals surface area contributed by atoms with Gasteiger partial charge in [0.15, 0.2) is 5.16 Å². The first-order valence-corrected chi connectivity index (χ1v) is 8.46. The van der Waals surface area contributed by atoms with E-state index in [0.717, 1.165) is 12.8 Å². The molecule has 0 saturated heterocycles. The Morgan fingerprint density at radius 1 is 1.35 bits per heavy atom. The molecular formula is C14H12ClN5O2S. The Hall–Kier alpha value is -2.06. The number of aromatic nitrogens is 5. The highest BCUT2D eigenvalue weighted by Crippen LogP contribution is 2.36. The first-order valence-electron chi connectivity index (χ1n) is 7.09. The number of nitrogens with zero attached hydrogens (tertiary/aromatic N) is 4. The Morgan fingerprint density at radius 3 is 2.96 bits per heavy atom. The second kappa shape index (κ2) is 5.54. The summed E-state index contributed by atoms with van der Waals surface area (Å²) in [6.45, 7) is 0. The van der Waals surface area contributed by atoms with Gasteiger partial charge in [-0.3, -0.25) is 13.8 Å². The van der Waals surface area contributed by atoms with E-state index in [1.165, 1.54) is 22.2 Å². The van der Waals surface area contributed by atoms with E-state index in [2.05, 4.69) is 15.2 Å². The monoisotopic (exact) mass is 349 g/mol. The average molecular weight is 350 g/mol. The summed E-state index contributed by atoms with van der Waals surface area (Å²) in [5.41, 5.74) is 0.810. The molecule has 0 aromatic carbocycles. The minimum atomic E-state index is -0.185. The number of nitrogens with one attached hydrogen (secondary N) is 1. The van der Waals surface area contributed by atoms with Gasteiger partial charge in [-0.15, -0.1) is 5.10 Å². The molecule has 0 atom stereocenters. The van der Waals surface area contributed by atoms with E-state index in [0.29, 0.717) is 27.3 Å². The van der Waals surface area contributed by atoms with Gasteiger partial charge in [-0.2, -0.15) is 0 Å². The highest BCUT2D eigenvalue weighted by Gasteiger charge is 2.28. The van der Waals surface area contributed by atoms with Gasteiger partial charge in [-0.25, -0.2) is 14.9 Å². The van der Waals surface area contributed by atoms with Gasteiger partial charge in [0.05, 0.1) is 10.7 Å². The quantitative estimate of drug-likeness (QED) is 0.727. The molecule has 1 N–H and O–H groups in total. The highest BCUT2D eigenvalue weighted by molar-refractivity contribution is 7.98. The van der Waals surface area contributed by atoms with E-state index in [9.17, 15) is 9.59 Å². The number of aromatic amines is 1. The van der Waals surface area contributed by atoms with E-state index in [1.54, 1.807) is 22.9 Å². The number of pyridine rings is 1. The topological polar surface area (TPSA) is 85.1 Å². The molecule has 0 amide bonds. The molecule has 1 saturated carbocycles. The van der Waals surface area contributed by atoms with Crippen LogP contribution in [0.1, 0.15) is 24.6 Å². The standard InChI is InChI=1S/C14H12ClN5O2S/c15-8-1-4-11-16-9(5-12(21)19(11)6-8)7-23-14-18-17-13(22)20(14)10-2-3-10/h1,4-6,10H,2-3,7H2,(H,17,22). The molecule has 23 heavy (non-hydrogen) atoms. The van der Waals surface area contributed by atoms with Crippen molar-refractivity contribution in [2.75, 3.05) is 0 Å². The third-order valence-electron chi connectivity index (χ3n) is 3.61. The molecule has 9 heteroatoms. The van der Waals surface area contributed by atoms with Gasteiger partial charge in [-0.1, -0.05) is 23.4 Å². The predicted octanol–water partition coefficient (Wildman–Crippen LogP) is 1.86.